The number of piperidine rings is 1. The van der Waals surface area contributed by atoms with Gasteiger partial charge in [0, 0.05) is 44.0 Å². The highest BCUT2D eigenvalue weighted by atomic mass is 16.5. The molecule has 9 nitrogen and oxygen atoms in total. The number of aromatic nitrogens is 2. The first-order valence-corrected chi connectivity index (χ1v) is 11.9. The van der Waals surface area contributed by atoms with Crippen molar-refractivity contribution in [1.82, 2.24) is 19.8 Å². The van der Waals surface area contributed by atoms with Gasteiger partial charge in [-0.1, -0.05) is 0 Å². The van der Waals surface area contributed by atoms with Crippen molar-refractivity contribution in [1.29, 1.82) is 0 Å². The van der Waals surface area contributed by atoms with E-state index in [0.717, 1.165) is 25.0 Å². The molecule has 0 unspecified atom stereocenters. The summed E-state index contributed by atoms with van der Waals surface area (Å²) in [7, 11) is 3.00. The van der Waals surface area contributed by atoms with Gasteiger partial charge in [0.15, 0.2) is 0 Å². The molecule has 1 aromatic carbocycles. The van der Waals surface area contributed by atoms with E-state index in [-0.39, 0.29) is 23.2 Å². The highest BCUT2D eigenvalue weighted by Gasteiger charge is 2.42. The summed E-state index contributed by atoms with van der Waals surface area (Å²) in [6, 6.07) is 7.53. The molecule has 186 valence electrons. The van der Waals surface area contributed by atoms with Crippen molar-refractivity contribution in [2.45, 2.75) is 26.2 Å². The van der Waals surface area contributed by atoms with E-state index in [9.17, 15) is 9.59 Å². The van der Waals surface area contributed by atoms with Gasteiger partial charge in [-0.2, -0.15) is 4.98 Å². The summed E-state index contributed by atoms with van der Waals surface area (Å²) in [5.41, 5.74) is 1.35. The molecule has 9 heteroatoms. The summed E-state index contributed by atoms with van der Waals surface area (Å²) in [4.78, 5) is 37.8. The number of carbonyl (C=O) groups excluding carboxylic acids is 2. The van der Waals surface area contributed by atoms with E-state index in [0.29, 0.717) is 49.8 Å². The molecule has 35 heavy (non-hydrogen) atoms. The van der Waals surface area contributed by atoms with Crippen LogP contribution in [-0.4, -0.2) is 78.6 Å². The zero-order chi connectivity index (χ0) is 24.8. The average Bonchev–Trinajstić information content (AvgIpc) is 3.31. The molecule has 0 atom stereocenters. The van der Waals surface area contributed by atoms with Gasteiger partial charge in [0.2, 0.25) is 11.8 Å². The van der Waals surface area contributed by atoms with Crippen LogP contribution in [0.1, 0.15) is 42.1 Å². The number of rotatable bonds is 7. The Kier molecular flexibility index (Phi) is 7.53. The van der Waals surface area contributed by atoms with Crippen molar-refractivity contribution in [3.63, 3.8) is 0 Å². The maximum absolute atomic E-state index is 12.9. The summed E-state index contributed by atoms with van der Waals surface area (Å²) in [5.74, 6) is 1.12. The lowest BCUT2D eigenvalue weighted by Crippen LogP contribution is -2.44. The largest absolute Gasteiger partial charge is 0.494 e. The van der Waals surface area contributed by atoms with Gasteiger partial charge in [0.25, 0.3) is 5.91 Å². The molecule has 2 aromatic rings. The summed E-state index contributed by atoms with van der Waals surface area (Å²) >= 11 is 0. The summed E-state index contributed by atoms with van der Waals surface area (Å²) < 4.78 is 15.7. The lowest BCUT2D eigenvalue weighted by Gasteiger charge is -2.39. The molecule has 0 bridgehead atoms. The molecule has 0 saturated carbocycles. The first-order valence-electron chi connectivity index (χ1n) is 11.9. The van der Waals surface area contributed by atoms with E-state index in [2.05, 4.69) is 9.97 Å². The number of amides is 2. The Balaban J connectivity index is 1.32. The molecule has 2 fully saturated rings. The number of benzene rings is 1. The van der Waals surface area contributed by atoms with Crippen molar-refractivity contribution in [2.24, 2.45) is 5.41 Å². The Morgan fingerprint density at radius 3 is 2.34 bits per heavy atom. The number of hydrogen-bond acceptors (Lipinski definition) is 7. The molecule has 0 aliphatic carbocycles. The normalized spacial score (nSPS) is 17.1. The minimum Gasteiger partial charge on any atom is -0.494 e. The zero-order valence-corrected chi connectivity index (χ0v) is 20.5. The van der Waals surface area contributed by atoms with Crippen LogP contribution in [0.5, 0.6) is 17.6 Å². The minimum absolute atomic E-state index is 0.0485. The van der Waals surface area contributed by atoms with E-state index in [4.69, 9.17) is 14.2 Å². The van der Waals surface area contributed by atoms with Crippen LogP contribution in [0.4, 0.5) is 0 Å². The second kappa shape index (κ2) is 10.8. The van der Waals surface area contributed by atoms with Crippen LogP contribution in [0.3, 0.4) is 0 Å². The van der Waals surface area contributed by atoms with Gasteiger partial charge in [-0.3, -0.25) is 9.59 Å². The first-order chi connectivity index (χ1) is 17.0. The third-order valence-electron chi connectivity index (χ3n) is 6.81. The van der Waals surface area contributed by atoms with Gasteiger partial charge >= 0.3 is 6.01 Å². The zero-order valence-electron chi connectivity index (χ0n) is 20.5. The Morgan fingerprint density at radius 1 is 1.03 bits per heavy atom. The second-order valence-corrected chi connectivity index (χ2v) is 8.91. The lowest BCUT2D eigenvalue weighted by atomic mass is 9.77. The second-order valence-electron chi connectivity index (χ2n) is 8.91. The van der Waals surface area contributed by atoms with E-state index in [1.54, 1.807) is 12.3 Å². The Hall–Kier alpha value is -3.62. The quantitative estimate of drug-likeness (QED) is 0.562. The predicted molar refractivity (Wildman–Crippen MR) is 131 cm³/mol. The average molecular weight is 481 g/mol. The number of nitrogens with zero attached hydrogens (tertiary/aromatic N) is 4. The molecular weight excluding hydrogens is 448 g/mol. The van der Waals surface area contributed by atoms with Crippen LogP contribution >= 0.6 is 0 Å². The minimum atomic E-state index is -0.0485. The molecule has 2 amide bonds. The van der Waals surface area contributed by atoms with Crippen molar-refractivity contribution in [3.05, 3.63) is 47.7 Å². The van der Waals surface area contributed by atoms with Crippen molar-refractivity contribution >= 4 is 17.9 Å². The molecule has 2 aliphatic rings. The van der Waals surface area contributed by atoms with Gasteiger partial charge in [0.1, 0.15) is 5.75 Å². The summed E-state index contributed by atoms with van der Waals surface area (Å²) in [5, 5.41) is 0. The van der Waals surface area contributed by atoms with E-state index in [1.165, 1.54) is 20.3 Å². The van der Waals surface area contributed by atoms with Gasteiger partial charge in [-0.05, 0) is 61.9 Å². The number of ether oxygens (including phenoxy) is 3. The third-order valence-corrected chi connectivity index (χ3v) is 6.81. The van der Waals surface area contributed by atoms with Crippen LogP contribution < -0.4 is 14.2 Å². The Bertz CT molecular complexity index is 1080. The van der Waals surface area contributed by atoms with Crippen LogP contribution in [-0.2, 0) is 4.79 Å². The molecule has 4 rings (SSSR count). The van der Waals surface area contributed by atoms with E-state index >= 15 is 0 Å². The standard InChI is InChI=1S/C26H32N4O5/c1-4-35-21-8-5-19(6-9-21)24(32)29-14-11-26(12-15-29)13-16-30(18-26)22(31)10-7-20-17-27-25(34-3)28-23(20)33-2/h5-10,17H,4,11-16,18H2,1-3H3. The Labute approximate surface area is 205 Å². The SMILES string of the molecule is CCOc1ccc(C(=O)N2CCC3(CCN(C(=O)C=Cc4cnc(OC)nc4OC)C3)CC2)cc1. The van der Waals surface area contributed by atoms with Crippen molar-refractivity contribution in [3.8, 4) is 17.6 Å². The molecule has 1 spiro atoms. The molecule has 2 aliphatic heterocycles. The molecular formula is C26H32N4O5. The van der Waals surface area contributed by atoms with E-state index in [1.807, 2.05) is 41.0 Å². The van der Waals surface area contributed by atoms with Gasteiger partial charge < -0.3 is 24.0 Å². The van der Waals surface area contributed by atoms with Gasteiger partial charge in [-0.15, -0.1) is 0 Å². The smallest absolute Gasteiger partial charge is 0.319 e. The topological polar surface area (TPSA) is 94.1 Å². The molecule has 0 radical (unpaired) electrons. The van der Waals surface area contributed by atoms with Gasteiger partial charge in [0.05, 0.1) is 26.4 Å². The summed E-state index contributed by atoms with van der Waals surface area (Å²) in [6.07, 6.45) is 7.51. The Morgan fingerprint density at radius 2 is 1.71 bits per heavy atom. The first kappa shape index (κ1) is 24.5. The highest BCUT2D eigenvalue weighted by Crippen LogP contribution is 2.40. The lowest BCUT2D eigenvalue weighted by molar-refractivity contribution is -0.125. The van der Waals surface area contributed by atoms with Crippen LogP contribution in [0.25, 0.3) is 6.08 Å². The van der Waals surface area contributed by atoms with Crippen LogP contribution in [0, 0.1) is 5.41 Å². The van der Waals surface area contributed by atoms with Gasteiger partial charge in [-0.25, -0.2) is 4.98 Å². The maximum atomic E-state index is 12.9. The summed E-state index contributed by atoms with van der Waals surface area (Å²) in [6.45, 7) is 5.35. The predicted octanol–water partition coefficient (Wildman–Crippen LogP) is 3.06. The maximum Gasteiger partial charge on any atom is 0.319 e. The fraction of sp³-hybridized carbons (Fsp3) is 0.462. The van der Waals surface area contributed by atoms with Crippen LogP contribution in [0.15, 0.2) is 36.5 Å². The molecule has 2 saturated heterocycles. The number of methoxy groups -OCH3 is 2. The van der Waals surface area contributed by atoms with Crippen LogP contribution in [0.2, 0.25) is 0 Å². The molecule has 3 heterocycles. The molecule has 0 N–H and O–H groups in total. The molecule has 1 aromatic heterocycles. The monoisotopic (exact) mass is 480 g/mol. The van der Waals surface area contributed by atoms with Crippen molar-refractivity contribution in [2.75, 3.05) is 47.0 Å². The number of likely N-dealkylation sites (tertiary alicyclic amines) is 2. The highest BCUT2D eigenvalue weighted by molar-refractivity contribution is 5.94. The fourth-order valence-electron chi connectivity index (χ4n) is 4.76. The van der Waals surface area contributed by atoms with Crippen molar-refractivity contribution < 1.29 is 23.8 Å². The number of carbonyl (C=O) groups is 2. The number of hydrogen-bond donors (Lipinski definition) is 0. The van der Waals surface area contributed by atoms with E-state index < -0.39 is 0 Å². The fourth-order valence-corrected chi connectivity index (χ4v) is 4.76. The third kappa shape index (κ3) is 5.55.